The third-order valence-electron chi connectivity index (χ3n) is 3.97. The Bertz CT molecular complexity index is 437. The number of carbonyl (C=O) groups is 1. The van der Waals surface area contributed by atoms with Crippen molar-refractivity contribution in [2.75, 3.05) is 5.75 Å². The van der Waals surface area contributed by atoms with Crippen molar-refractivity contribution in [3.8, 4) is 0 Å². The minimum atomic E-state index is -0.778. The van der Waals surface area contributed by atoms with Crippen molar-refractivity contribution in [1.82, 2.24) is 9.55 Å². The average Bonchev–Trinajstić information content (AvgIpc) is 2.79. The van der Waals surface area contributed by atoms with Gasteiger partial charge in [0, 0.05) is 17.9 Å². The standard InChI is InChI=1S/C15H24N2O2S/c1-2-12-10-16-15(20-11-14(18)19)17(12)13-8-6-4-3-5-7-9-13/h10,13H,2-9,11H2,1H3,(H,18,19). The van der Waals surface area contributed by atoms with Crippen LogP contribution in [0.3, 0.4) is 0 Å². The number of aromatic nitrogens is 2. The normalized spacial score (nSPS) is 17.6. The van der Waals surface area contributed by atoms with Gasteiger partial charge in [-0.25, -0.2) is 4.98 Å². The molecule has 1 aromatic heterocycles. The molecule has 1 heterocycles. The first kappa shape index (κ1) is 15.4. The molecule has 4 nitrogen and oxygen atoms in total. The Kier molecular flexibility index (Phi) is 5.95. The molecule has 0 aromatic carbocycles. The van der Waals surface area contributed by atoms with E-state index in [0.717, 1.165) is 11.6 Å². The molecule has 5 heteroatoms. The van der Waals surface area contributed by atoms with Crippen molar-refractivity contribution >= 4 is 17.7 Å². The Morgan fingerprint density at radius 1 is 1.35 bits per heavy atom. The molecule has 0 bridgehead atoms. The first-order valence-corrected chi connectivity index (χ1v) is 8.61. The summed E-state index contributed by atoms with van der Waals surface area (Å²) in [7, 11) is 0. The van der Waals surface area contributed by atoms with Crippen LogP contribution in [0.1, 0.15) is 63.6 Å². The molecule has 0 aliphatic heterocycles. The molecule has 1 N–H and O–H groups in total. The summed E-state index contributed by atoms with van der Waals surface area (Å²) in [5.41, 5.74) is 1.24. The second-order valence-electron chi connectivity index (χ2n) is 5.44. The Hall–Kier alpha value is -0.970. The molecule has 2 rings (SSSR count). The van der Waals surface area contributed by atoms with E-state index in [0.29, 0.717) is 6.04 Å². The summed E-state index contributed by atoms with van der Waals surface area (Å²) in [5, 5.41) is 9.75. The lowest BCUT2D eigenvalue weighted by Gasteiger charge is -2.24. The lowest BCUT2D eigenvalue weighted by atomic mass is 9.96. The highest BCUT2D eigenvalue weighted by atomic mass is 32.2. The first-order valence-electron chi connectivity index (χ1n) is 7.63. The van der Waals surface area contributed by atoms with E-state index in [4.69, 9.17) is 5.11 Å². The quantitative estimate of drug-likeness (QED) is 0.837. The Labute approximate surface area is 125 Å². The third-order valence-corrected chi connectivity index (χ3v) is 4.92. The van der Waals surface area contributed by atoms with Gasteiger partial charge in [-0.2, -0.15) is 0 Å². The van der Waals surface area contributed by atoms with Crippen molar-refractivity contribution in [3.63, 3.8) is 0 Å². The number of nitrogens with zero attached hydrogens (tertiary/aromatic N) is 2. The van der Waals surface area contributed by atoms with Crippen LogP contribution in [0.2, 0.25) is 0 Å². The van der Waals surface area contributed by atoms with Gasteiger partial charge in [-0.1, -0.05) is 50.8 Å². The number of carboxylic acids is 1. The summed E-state index contributed by atoms with van der Waals surface area (Å²) < 4.78 is 2.32. The Morgan fingerprint density at radius 2 is 2.00 bits per heavy atom. The van der Waals surface area contributed by atoms with Gasteiger partial charge >= 0.3 is 5.97 Å². The molecule has 20 heavy (non-hydrogen) atoms. The average molecular weight is 296 g/mol. The van der Waals surface area contributed by atoms with Gasteiger partial charge in [-0.3, -0.25) is 4.79 Å². The number of aliphatic carboxylic acids is 1. The van der Waals surface area contributed by atoms with E-state index < -0.39 is 5.97 Å². The van der Waals surface area contributed by atoms with Crippen LogP contribution >= 0.6 is 11.8 Å². The molecule has 0 atom stereocenters. The number of thioether (sulfide) groups is 1. The number of aryl methyl sites for hydroxylation is 1. The van der Waals surface area contributed by atoms with Gasteiger partial charge in [0.15, 0.2) is 5.16 Å². The maximum atomic E-state index is 10.8. The highest BCUT2D eigenvalue weighted by Crippen LogP contribution is 2.32. The molecular formula is C15H24N2O2S. The van der Waals surface area contributed by atoms with Gasteiger partial charge < -0.3 is 9.67 Å². The summed E-state index contributed by atoms with van der Waals surface area (Å²) in [6.07, 6.45) is 11.8. The summed E-state index contributed by atoms with van der Waals surface area (Å²) >= 11 is 1.35. The molecule has 0 spiro atoms. The summed E-state index contributed by atoms with van der Waals surface area (Å²) in [6.45, 7) is 2.14. The Balaban J connectivity index is 2.17. The molecule has 1 aromatic rings. The lowest BCUT2D eigenvalue weighted by molar-refractivity contribution is -0.133. The van der Waals surface area contributed by atoms with E-state index in [2.05, 4.69) is 16.5 Å². The highest BCUT2D eigenvalue weighted by molar-refractivity contribution is 7.99. The van der Waals surface area contributed by atoms with Crippen LogP contribution in [0.15, 0.2) is 11.4 Å². The second kappa shape index (κ2) is 7.72. The van der Waals surface area contributed by atoms with Crippen LogP contribution in [-0.2, 0) is 11.2 Å². The van der Waals surface area contributed by atoms with E-state index in [-0.39, 0.29) is 5.75 Å². The monoisotopic (exact) mass is 296 g/mol. The fraction of sp³-hybridized carbons (Fsp3) is 0.733. The number of rotatable bonds is 5. The molecule has 0 saturated heterocycles. The van der Waals surface area contributed by atoms with Crippen molar-refractivity contribution in [2.45, 2.75) is 69.5 Å². The Morgan fingerprint density at radius 3 is 2.60 bits per heavy atom. The van der Waals surface area contributed by atoms with Gasteiger partial charge in [0.2, 0.25) is 0 Å². The topological polar surface area (TPSA) is 55.1 Å². The molecule has 112 valence electrons. The minimum Gasteiger partial charge on any atom is -0.481 e. The van der Waals surface area contributed by atoms with Gasteiger partial charge in [-0.15, -0.1) is 0 Å². The highest BCUT2D eigenvalue weighted by Gasteiger charge is 2.20. The van der Waals surface area contributed by atoms with Gasteiger partial charge in [0.1, 0.15) is 0 Å². The van der Waals surface area contributed by atoms with Crippen LogP contribution < -0.4 is 0 Å². The van der Waals surface area contributed by atoms with E-state index >= 15 is 0 Å². The zero-order chi connectivity index (χ0) is 14.4. The van der Waals surface area contributed by atoms with Crippen LogP contribution in [0.4, 0.5) is 0 Å². The largest absolute Gasteiger partial charge is 0.481 e. The molecule has 0 unspecified atom stereocenters. The molecule has 1 saturated carbocycles. The molecule has 0 amide bonds. The fourth-order valence-electron chi connectivity index (χ4n) is 2.96. The number of hydrogen-bond acceptors (Lipinski definition) is 3. The van der Waals surface area contributed by atoms with Crippen LogP contribution in [0.25, 0.3) is 0 Å². The van der Waals surface area contributed by atoms with Crippen LogP contribution in [0.5, 0.6) is 0 Å². The van der Waals surface area contributed by atoms with Gasteiger partial charge in [-0.05, 0) is 19.3 Å². The summed E-state index contributed by atoms with van der Waals surface area (Å²) in [5.74, 6) is -0.687. The fourth-order valence-corrected chi connectivity index (χ4v) is 3.74. The maximum absolute atomic E-state index is 10.8. The molecular weight excluding hydrogens is 272 g/mol. The van der Waals surface area contributed by atoms with Gasteiger partial charge in [0.05, 0.1) is 5.75 Å². The zero-order valence-electron chi connectivity index (χ0n) is 12.2. The molecule has 1 aliphatic carbocycles. The van der Waals surface area contributed by atoms with E-state index in [1.807, 2.05) is 6.20 Å². The predicted octanol–water partition coefficient (Wildman–Crippen LogP) is 3.91. The van der Waals surface area contributed by atoms with Crippen LogP contribution in [-0.4, -0.2) is 26.4 Å². The van der Waals surface area contributed by atoms with Crippen molar-refractivity contribution in [1.29, 1.82) is 0 Å². The minimum absolute atomic E-state index is 0.0902. The number of imidazole rings is 1. The van der Waals surface area contributed by atoms with Crippen LogP contribution in [0, 0.1) is 0 Å². The zero-order valence-corrected chi connectivity index (χ0v) is 13.0. The second-order valence-corrected chi connectivity index (χ2v) is 6.38. The SMILES string of the molecule is CCc1cnc(SCC(=O)O)n1C1CCCCCCC1. The third kappa shape index (κ3) is 4.01. The van der Waals surface area contributed by atoms with Crippen molar-refractivity contribution < 1.29 is 9.90 Å². The first-order chi connectivity index (χ1) is 9.72. The smallest absolute Gasteiger partial charge is 0.313 e. The lowest BCUT2D eigenvalue weighted by Crippen LogP contribution is -2.15. The van der Waals surface area contributed by atoms with E-state index in [9.17, 15) is 4.79 Å². The van der Waals surface area contributed by atoms with E-state index in [1.165, 1.54) is 62.4 Å². The van der Waals surface area contributed by atoms with Crippen molar-refractivity contribution in [2.24, 2.45) is 0 Å². The summed E-state index contributed by atoms with van der Waals surface area (Å²) in [6, 6.07) is 0.504. The predicted molar refractivity (Wildman–Crippen MR) is 81.3 cm³/mol. The van der Waals surface area contributed by atoms with Crippen molar-refractivity contribution in [3.05, 3.63) is 11.9 Å². The number of hydrogen-bond donors (Lipinski definition) is 1. The maximum Gasteiger partial charge on any atom is 0.313 e. The summed E-state index contributed by atoms with van der Waals surface area (Å²) in [4.78, 5) is 15.2. The van der Waals surface area contributed by atoms with Gasteiger partial charge in [0.25, 0.3) is 0 Å². The molecule has 1 aliphatic rings. The molecule has 0 radical (unpaired) electrons. The van der Waals surface area contributed by atoms with E-state index in [1.54, 1.807) is 0 Å². The molecule has 1 fully saturated rings. The number of carboxylic acid groups (broad SMARTS) is 1.